The minimum atomic E-state index is -0.265. The molecule has 1 saturated heterocycles. The normalized spacial score (nSPS) is 17.3. The molecule has 3 amide bonds. The molecule has 2 aliphatic rings. The van der Waals surface area contributed by atoms with Crippen molar-refractivity contribution in [2.24, 2.45) is 0 Å². The maximum atomic E-state index is 12.2. The maximum Gasteiger partial charge on any atom is 0.409 e. The summed E-state index contributed by atoms with van der Waals surface area (Å²) >= 11 is 0. The van der Waals surface area contributed by atoms with Gasteiger partial charge in [0.15, 0.2) is 0 Å². The van der Waals surface area contributed by atoms with Gasteiger partial charge in [-0.1, -0.05) is 6.07 Å². The van der Waals surface area contributed by atoms with Crippen molar-refractivity contribution < 1.29 is 14.3 Å². The van der Waals surface area contributed by atoms with E-state index in [1.165, 1.54) is 17.5 Å². The Labute approximate surface area is 142 Å². The molecule has 6 heteroatoms. The second-order valence-corrected chi connectivity index (χ2v) is 6.40. The third kappa shape index (κ3) is 3.99. The number of likely N-dealkylation sites (tertiary alicyclic amines) is 1. The SMILES string of the molecule is CCOC(=O)N1CCC(NC(=O)Nc2ccc3c(c2)CCC3)CC1. The number of carbonyl (C=O) groups excluding carboxylic acids is 2. The van der Waals surface area contributed by atoms with E-state index in [0.717, 1.165) is 31.4 Å². The minimum absolute atomic E-state index is 0.0881. The number of ether oxygens (including phenoxy) is 1. The molecule has 0 spiro atoms. The molecule has 1 aliphatic heterocycles. The minimum Gasteiger partial charge on any atom is -0.450 e. The number of amides is 3. The molecular formula is C18H25N3O3. The van der Waals surface area contributed by atoms with Crippen LogP contribution in [0.15, 0.2) is 18.2 Å². The Morgan fingerprint density at radius 1 is 1.21 bits per heavy atom. The van der Waals surface area contributed by atoms with Gasteiger partial charge in [-0.15, -0.1) is 0 Å². The van der Waals surface area contributed by atoms with Crippen LogP contribution in [0.5, 0.6) is 0 Å². The summed E-state index contributed by atoms with van der Waals surface area (Å²) in [5, 5.41) is 5.92. The first-order chi connectivity index (χ1) is 11.7. The molecule has 0 radical (unpaired) electrons. The first-order valence-corrected chi connectivity index (χ1v) is 8.76. The van der Waals surface area contributed by atoms with Gasteiger partial charge in [-0.3, -0.25) is 0 Å². The molecule has 1 aromatic carbocycles. The molecule has 1 aromatic rings. The fourth-order valence-corrected chi connectivity index (χ4v) is 3.42. The van der Waals surface area contributed by atoms with Gasteiger partial charge >= 0.3 is 12.1 Å². The Kier molecular flexibility index (Phi) is 5.23. The number of urea groups is 1. The van der Waals surface area contributed by atoms with Crippen LogP contribution < -0.4 is 10.6 Å². The van der Waals surface area contributed by atoms with Crippen molar-refractivity contribution in [2.75, 3.05) is 25.0 Å². The Hall–Kier alpha value is -2.24. The Bertz CT molecular complexity index is 610. The monoisotopic (exact) mass is 331 g/mol. The zero-order valence-electron chi connectivity index (χ0n) is 14.1. The molecule has 0 aromatic heterocycles. The zero-order chi connectivity index (χ0) is 16.9. The lowest BCUT2D eigenvalue weighted by atomic mass is 10.1. The summed E-state index contributed by atoms with van der Waals surface area (Å²) in [5.74, 6) is 0. The van der Waals surface area contributed by atoms with Crippen molar-refractivity contribution in [3.8, 4) is 0 Å². The topological polar surface area (TPSA) is 70.7 Å². The molecule has 6 nitrogen and oxygen atoms in total. The van der Waals surface area contributed by atoms with E-state index >= 15 is 0 Å². The van der Waals surface area contributed by atoms with Crippen molar-refractivity contribution in [1.29, 1.82) is 0 Å². The molecule has 0 bridgehead atoms. The fourth-order valence-electron chi connectivity index (χ4n) is 3.42. The number of fused-ring (bicyclic) bond motifs is 1. The van der Waals surface area contributed by atoms with Crippen LogP contribution in [0.3, 0.4) is 0 Å². The summed E-state index contributed by atoms with van der Waals surface area (Å²) in [4.78, 5) is 25.5. The molecule has 1 aliphatic carbocycles. The lowest BCUT2D eigenvalue weighted by molar-refractivity contribution is 0.0959. The second-order valence-electron chi connectivity index (χ2n) is 6.40. The lowest BCUT2D eigenvalue weighted by Crippen LogP contribution is -2.47. The summed E-state index contributed by atoms with van der Waals surface area (Å²) in [5.41, 5.74) is 3.58. The van der Waals surface area contributed by atoms with E-state index < -0.39 is 0 Å². The van der Waals surface area contributed by atoms with E-state index in [2.05, 4.69) is 22.8 Å². The van der Waals surface area contributed by atoms with Gasteiger partial charge in [-0.2, -0.15) is 0 Å². The fraction of sp³-hybridized carbons (Fsp3) is 0.556. The highest BCUT2D eigenvalue weighted by Crippen LogP contribution is 2.24. The standard InChI is InChI=1S/C18H25N3O3/c1-2-24-18(23)21-10-8-15(9-11-21)19-17(22)20-16-7-6-13-4-3-5-14(13)12-16/h6-7,12,15H,2-5,8-11H2,1H3,(H2,19,20,22). The van der Waals surface area contributed by atoms with Gasteiger partial charge in [0, 0.05) is 24.8 Å². The predicted octanol–water partition coefficient (Wildman–Crippen LogP) is 2.92. The number of carbonyl (C=O) groups is 2. The average Bonchev–Trinajstić information content (AvgIpc) is 3.03. The Balaban J connectivity index is 1.45. The van der Waals surface area contributed by atoms with E-state index in [0.29, 0.717) is 19.7 Å². The Morgan fingerprint density at radius 2 is 1.96 bits per heavy atom. The van der Waals surface area contributed by atoms with Gasteiger partial charge in [0.1, 0.15) is 0 Å². The van der Waals surface area contributed by atoms with E-state index in [1.54, 1.807) is 11.8 Å². The molecular weight excluding hydrogens is 306 g/mol. The van der Waals surface area contributed by atoms with Crippen LogP contribution in [0.2, 0.25) is 0 Å². The third-order valence-corrected chi connectivity index (χ3v) is 4.71. The molecule has 1 heterocycles. The van der Waals surface area contributed by atoms with Crippen molar-refractivity contribution in [3.63, 3.8) is 0 Å². The van der Waals surface area contributed by atoms with E-state index in [4.69, 9.17) is 4.74 Å². The zero-order valence-corrected chi connectivity index (χ0v) is 14.1. The number of piperidine rings is 1. The number of nitrogens with one attached hydrogen (secondary N) is 2. The molecule has 1 fully saturated rings. The molecule has 24 heavy (non-hydrogen) atoms. The number of anilines is 1. The number of hydrogen-bond acceptors (Lipinski definition) is 3. The predicted molar refractivity (Wildman–Crippen MR) is 92.2 cm³/mol. The van der Waals surface area contributed by atoms with Crippen molar-refractivity contribution in [3.05, 3.63) is 29.3 Å². The molecule has 0 saturated carbocycles. The number of benzene rings is 1. The number of aryl methyl sites for hydroxylation is 2. The number of hydrogen-bond donors (Lipinski definition) is 2. The maximum absolute atomic E-state index is 12.2. The first kappa shape index (κ1) is 16.6. The average molecular weight is 331 g/mol. The highest BCUT2D eigenvalue weighted by molar-refractivity contribution is 5.89. The van der Waals surface area contributed by atoms with Crippen LogP contribution in [-0.4, -0.2) is 42.8 Å². The van der Waals surface area contributed by atoms with Crippen LogP contribution in [0.25, 0.3) is 0 Å². The quantitative estimate of drug-likeness (QED) is 0.894. The molecule has 0 atom stereocenters. The lowest BCUT2D eigenvalue weighted by Gasteiger charge is -2.31. The number of rotatable bonds is 3. The summed E-state index contributed by atoms with van der Waals surface area (Å²) in [6, 6.07) is 6.06. The van der Waals surface area contributed by atoms with Crippen LogP contribution >= 0.6 is 0 Å². The highest BCUT2D eigenvalue weighted by Gasteiger charge is 2.24. The molecule has 2 N–H and O–H groups in total. The van der Waals surface area contributed by atoms with Crippen molar-refractivity contribution in [2.45, 2.75) is 45.1 Å². The molecule has 130 valence electrons. The van der Waals surface area contributed by atoms with E-state index in [9.17, 15) is 9.59 Å². The van der Waals surface area contributed by atoms with E-state index in [-0.39, 0.29) is 18.2 Å². The largest absolute Gasteiger partial charge is 0.450 e. The van der Waals surface area contributed by atoms with Crippen LogP contribution in [0.1, 0.15) is 37.3 Å². The van der Waals surface area contributed by atoms with Crippen LogP contribution in [-0.2, 0) is 17.6 Å². The van der Waals surface area contributed by atoms with Crippen molar-refractivity contribution in [1.82, 2.24) is 10.2 Å². The molecule has 3 rings (SSSR count). The van der Waals surface area contributed by atoms with Gasteiger partial charge in [0.2, 0.25) is 0 Å². The smallest absolute Gasteiger partial charge is 0.409 e. The summed E-state index contributed by atoms with van der Waals surface area (Å²) in [7, 11) is 0. The Morgan fingerprint density at radius 3 is 2.71 bits per heavy atom. The summed E-state index contributed by atoms with van der Waals surface area (Å²) in [6.07, 6.45) is 4.66. The number of nitrogens with zero attached hydrogens (tertiary/aromatic N) is 1. The van der Waals surface area contributed by atoms with Gasteiger partial charge in [0.25, 0.3) is 0 Å². The summed E-state index contributed by atoms with van der Waals surface area (Å²) < 4.78 is 5.00. The van der Waals surface area contributed by atoms with Crippen LogP contribution in [0, 0.1) is 0 Å². The highest BCUT2D eigenvalue weighted by atomic mass is 16.6. The molecule has 0 unspecified atom stereocenters. The first-order valence-electron chi connectivity index (χ1n) is 8.76. The second kappa shape index (κ2) is 7.55. The van der Waals surface area contributed by atoms with Gasteiger partial charge in [-0.05, 0) is 62.3 Å². The summed E-state index contributed by atoms with van der Waals surface area (Å²) in [6.45, 7) is 3.42. The van der Waals surface area contributed by atoms with Gasteiger partial charge in [0.05, 0.1) is 6.61 Å². The van der Waals surface area contributed by atoms with Crippen molar-refractivity contribution >= 4 is 17.8 Å². The van der Waals surface area contributed by atoms with Crippen LogP contribution in [0.4, 0.5) is 15.3 Å². The van der Waals surface area contributed by atoms with Gasteiger partial charge < -0.3 is 20.3 Å². The third-order valence-electron chi connectivity index (χ3n) is 4.71. The van der Waals surface area contributed by atoms with Gasteiger partial charge in [-0.25, -0.2) is 9.59 Å². The van der Waals surface area contributed by atoms with E-state index in [1.807, 2.05) is 6.07 Å².